The van der Waals surface area contributed by atoms with Crippen LogP contribution in [0, 0.1) is 13.8 Å². The summed E-state index contributed by atoms with van der Waals surface area (Å²) >= 11 is 0. The zero-order valence-electron chi connectivity index (χ0n) is 13.5. The van der Waals surface area contributed by atoms with Crippen LogP contribution in [-0.4, -0.2) is 22.3 Å². The summed E-state index contributed by atoms with van der Waals surface area (Å²) in [6.07, 6.45) is 0.889. The van der Waals surface area contributed by atoms with Crippen LogP contribution < -0.4 is 0 Å². The van der Waals surface area contributed by atoms with Crippen LogP contribution in [0.1, 0.15) is 32.7 Å². The van der Waals surface area contributed by atoms with Crippen LogP contribution in [0.3, 0.4) is 0 Å². The molecule has 0 spiro atoms. The number of carbonyl (C=O) groups is 1. The van der Waals surface area contributed by atoms with Crippen LogP contribution in [0.5, 0.6) is 0 Å². The van der Waals surface area contributed by atoms with Gasteiger partial charge in [-0.3, -0.25) is 4.79 Å². The van der Waals surface area contributed by atoms with Crippen molar-refractivity contribution in [3.8, 4) is 0 Å². The number of nitrogens with one attached hydrogen (secondary N) is 1. The van der Waals surface area contributed by atoms with Gasteiger partial charge in [-0.05, 0) is 43.2 Å². The van der Waals surface area contributed by atoms with Crippen molar-refractivity contribution in [2.45, 2.75) is 26.8 Å². The molecule has 0 atom stereocenters. The summed E-state index contributed by atoms with van der Waals surface area (Å²) in [5.74, 6) is 0.129. The van der Waals surface area contributed by atoms with E-state index >= 15 is 0 Å². The number of H-pyrrole nitrogens is 1. The van der Waals surface area contributed by atoms with E-state index in [-0.39, 0.29) is 5.91 Å². The Balaban J connectivity index is 1.67. The van der Waals surface area contributed by atoms with Gasteiger partial charge in [-0.15, -0.1) is 0 Å². The van der Waals surface area contributed by atoms with Crippen LogP contribution in [0.2, 0.25) is 0 Å². The van der Waals surface area contributed by atoms with Gasteiger partial charge in [-0.1, -0.05) is 24.3 Å². The standard InChI is InChI=1S/C20H20N2O/c1-13-7-8-15(11-14(13)2)20(23)22-10-9-19-17(12-22)16-5-3-4-6-18(16)21-19/h3-8,11,21H,9-10,12H2,1-2H3. The number of benzene rings is 2. The van der Waals surface area contributed by atoms with Gasteiger partial charge in [-0.25, -0.2) is 0 Å². The van der Waals surface area contributed by atoms with Crippen LogP contribution in [-0.2, 0) is 13.0 Å². The van der Waals surface area contributed by atoms with Gasteiger partial charge in [-0.2, -0.15) is 0 Å². The molecule has 1 aliphatic heterocycles. The minimum Gasteiger partial charge on any atom is -0.358 e. The maximum atomic E-state index is 12.8. The van der Waals surface area contributed by atoms with Crippen molar-refractivity contribution in [3.05, 3.63) is 70.4 Å². The lowest BCUT2D eigenvalue weighted by Gasteiger charge is -2.27. The van der Waals surface area contributed by atoms with Gasteiger partial charge in [0.25, 0.3) is 5.91 Å². The lowest BCUT2D eigenvalue weighted by molar-refractivity contribution is 0.0735. The third-order valence-electron chi connectivity index (χ3n) is 4.92. The topological polar surface area (TPSA) is 36.1 Å². The zero-order chi connectivity index (χ0) is 16.0. The molecule has 1 N–H and O–H groups in total. The van der Waals surface area contributed by atoms with Gasteiger partial charge in [0, 0.05) is 47.2 Å². The van der Waals surface area contributed by atoms with E-state index in [1.165, 1.54) is 27.8 Å². The van der Waals surface area contributed by atoms with E-state index in [9.17, 15) is 4.79 Å². The second-order valence-corrected chi connectivity index (χ2v) is 6.40. The monoisotopic (exact) mass is 304 g/mol. The Morgan fingerprint density at radius 3 is 2.74 bits per heavy atom. The van der Waals surface area contributed by atoms with E-state index in [0.717, 1.165) is 24.0 Å². The SMILES string of the molecule is Cc1ccc(C(=O)N2CCc3[nH]c4ccccc4c3C2)cc1C. The molecule has 23 heavy (non-hydrogen) atoms. The smallest absolute Gasteiger partial charge is 0.254 e. The van der Waals surface area contributed by atoms with Crippen molar-refractivity contribution in [1.29, 1.82) is 0 Å². The van der Waals surface area contributed by atoms with E-state index in [0.29, 0.717) is 6.54 Å². The molecule has 0 fully saturated rings. The number of aromatic nitrogens is 1. The number of rotatable bonds is 1. The van der Waals surface area contributed by atoms with Crippen LogP contribution >= 0.6 is 0 Å². The van der Waals surface area contributed by atoms with Crippen molar-refractivity contribution in [3.63, 3.8) is 0 Å². The van der Waals surface area contributed by atoms with Gasteiger partial charge < -0.3 is 9.88 Å². The number of carbonyl (C=O) groups excluding carboxylic acids is 1. The second-order valence-electron chi connectivity index (χ2n) is 6.40. The molecule has 0 bridgehead atoms. The van der Waals surface area contributed by atoms with E-state index in [1.807, 2.05) is 29.2 Å². The number of hydrogen-bond acceptors (Lipinski definition) is 1. The highest BCUT2D eigenvalue weighted by Crippen LogP contribution is 2.28. The molecule has 1 aliphatic rings. The molecule has 2 heterocycles. The summed E-state index contributed by atoms with van der Waals surface area (Å²) in [7, 11) is 0. The number of nitrogens with zero attached hydrogens (tertiary/aromatic N) is 1. The van der Waals surface area contributed by atoms with E-state index in [1.54, 1.807) is 0 Å². The average Bonchev–Trinajstić information content (AvgIpc) is 2.94. The summed E-state index contributed by atoms with van der Waals surface area (Å²) in [5.41, 5.74) is 6.88. The van der Waals surface area contributed by atoms with Gasteiger partial charge in [0.15, 0.2) is 0 Å². The summed E-state index contributed by atoms with van der Waals surface area (Å²) in [6.45, 7) is 5.58. The summed E-state index contributed by atoms with van der Waals surface area (Å²) in [4.78, 5) is 18.3. The molecule has 2 aromatic carbocycles. The maximum Gasteiger partial charge on any atom is 0.254 e. The number of fused-ring (bicyclic) bond motifs is 3. The molecule has 116 valence electrons. The summed E-state index contributed by atoms with van der Waals surface area (Å²) < 4.78 is 0. The average molecular weight is 304 g/mol. The van der Waals surface area contributed by atoms with Crippen LogP contribution in [0.4, 0.5) is 0 Å². The molecular weight excluding hydrogens is 284 g/mol. The molecule has 3 aromatic rings. The Labute approximate surface area is 135 Å². The van der Waals surface area contributed by atoms with Crippen molar-refractivity contribution < 1.29 is 4.79 Å². The van der Waals surface area contributed by atoms with Crippen molar-refractivity contribution in [2.24, 2.45) is 0 Å². The van der Waals surface area contributed by atoms with Crippen molar-refractivity contribution in [2.75, 3.05) is 6.54 Å². The van der Waals surface area contributed by atoms with Gasteiger partial charge in [0.2, 0.25) is 0 Å². The lowest BCUT2D eigenvalue weighted by Crippen LogP contribution is -2.35. The second kappa shape index (κ2) is 5.27. The molecule has 0 saturated heterocycles. The summed E-state index contributed by atoms with van der Waals surface area (Å²) in [5, 5.41) is 1.24. The van der Waals surface area contributed by atoms with Gasteiger partial charge >= 0.3 is 0 Å². The van der Waals surface area contributed by atoms with Crippen molar-refractivity contribution in [1.82, 2.24) is 9.88 Å². The Hall–Kier alpha value is -2.55. The number of amides is 1. The highest BCUT2D eigenvalue weighted by molar-refractivity contribution is 5.95. The Bertz CT molecular complexity index is 907. The molecule has 0 aliphatic carbocycles. The normalized spacial score (nSPS) is 14.1. The molecule has 3 nitrogen and oxygen atoms in total. The van der Waals surface area contributed by atoms with Crippen molar-refractivity contribution >= 4 is 16.8 Å². The predicted octanol–water partition coefficient (Wildman–Crippen LogP) is 3.98. The zero-order valence-corrected chi connectivity index (χ0v) is 13.5. The van der Waals surface area contributed by atoms with E-state index in [4.69, 9.17) is 0 Å². The molecule has 0 unspecified atom stereocenters. The predicted molar refractivity (Wildman–Crippen MR) is 92.7 cm³/mol. The molecule has 3 heteroatoms. The molecular formula is C20H20N2O. The van der Waals surface area contributed by atoms with E-state index in [2.05, 4.69) is 37.0 Å². The molecule has 4 rings (SSSR count). The minimum absolute atomic E-state index is 0.129. The fourth-order valence-electron chi connectivity index (χ4n) is 3.40. The van der Waals surface area contributed by atoms with Gasteiger partial charge in [0.1, 0.15) is 0 Å². The highest BCUT2D eigenvalue weighted by Gasteiger charge is 2.24. The first-order valence-electron chi connectivity index (χ1n) is 8.08. The number of aromatic amines is 1. The minimum atomic E-state index is 0.129. The Morgan fingerprint density at radius 1 is 1.09 bits per heavy atom. The molecule has 0 saturated carbocycles. The lowest BCUT2D eigenvalue weighted by atomic mass is 10.0. The highest BCUT2D eigenvalue weighted by atomic mass is 16.2. The first-order valence-corrected chi connectivity index (χ1v) is 8.08. The maximum absolute atomic E-state index is 12.8. The van der Waals surface area contributed by atoms with E-state index < -0.39 is 0 Å². The number of para-hydroxylation sites is 1. The van der Waals surface area contributed by atoms with Crippen LogP contribution in [0.15, 0.2) is 42.5 Å². The number of hydrogen-bond donors (Lipinski definition) is 1. The number of aryl methyl sites for hydroxylation is 2. The fraction of sp³-hybridized carbons (Fsp3) is 0.250. The Kier molecular flexibility index (Phi) is 3.22. The largest absolute Gasteiger partial charge is 0.358 e. The fourth-order valence-corrected chi connectivity index (χ4v) is 3.40. The molecule has 1 aromatic heterocycles. The Morgan fingerprint density at radius 2 is 1.91 bits per heavy atom. The third kappa shape index (κ3) is 2.33. The quantitative estimate of drug-likeness (QED) is 0.725. The molecule has 1 amide bonds. The first kappa shape index (κ1) is 14.1. The van der Waals surface area contributed by atoms with Gasteiger partial charge in [0.05, 0.1) is 0 Å². The first-order chi connectivity index (χ1) is 11.1. The van der Waals surface area contributed by atoms with Crippen LogP contribution in [0.25, 0.3) is 10.9 Å². The summed E-state index contributed by atoms with van der Waals surface area (Å²) in [6, 6.07) is 14.3. The molecule has 0 radical (unpaired) electrons. The third-order valence-corrected chi connectivity index (χ3v) is 4.92.